The summed E-state index contributed by atoms with van der Waals surface area (Å²) >= 11 is 0. The normalized spacial score (nSPS) is 13.0. The summed E-state index contributed by atoms with van der Waals surface area (Å²) < 4.78 is 10.5. The third-order valence-electron chi connectivity index (χ3n) is 5.38. The number of fused-ring (bicyclic) bond motifs is 3. The number of carbonyl (C=O) groups is 3. The quantitative estimate of drug-likeness (QED) is 0.524. The molecule has 1 aliphatic carbocycles. The molecule has 3 aromatic rings. The van der Waals surface area contributed by atoms with Crippen LogP contribution in [0.3, 0.4) is 0 Å². The van der Waals surface area contributed by atoms with Gasteiger partial charge in [0.25, 0.3) is 0 Å². The maximum atomic E-state index is 12.3. The fourth-order valence-corrected chi connectivity index (χ4v) is 3.80. The highest BCUT2D eigenvalue weighted by Gasteiger charge is 2.29. The Labute approximate surface area is 184 Å². The predicted octanol–water partition coefficient (Wildman–Crippen LogP) is 3.52. The highest BCUT2D eigenvalue weighted by atomic mass is 16.5. The average Bonchev–Trinajstić information content (AvgIpc) is 3.39. The summed E-state index contributed by atoms with van der Waals surface area (Å²) in [5.74, 6) is -1.62. The zero-order valence-corrected chi connectivity index (χ0v) is 17.3. The number of alkyl carbamates (subject to hydrolysis) is 1. The minimum absolute atomic E-state index is 0.00280. The van der Waals surface area contributed by atoms with Crippen molar-refractivity contribution in [3.8, 4) is 11.1 Å². The number of hydrogen-bond donors (Lipinski definition) is 3. The number of hydrogen-bond acceptors (Lipinski definition) is 5. The van der Waals surface area contributed by atoms with E-state index in [1.807, 2.05) is 36.4 Å². The molecule has 0 bridgehead atoms. The van der Waals surface area contributed by atoms with Gasteiger partial charge in [-0.05, 0) is 41.3 Å². The second-order valence-electron chi connectivity index (χ2n) is 7.48. The van der Waals surface area contributed by atoms with E-state index in [1.165, 1.54) is 19.1 Å². The van der Waals surface area contributed by atoms with E-state index < -0.39 is 24.0 Å². The van der Waals surface area contributed by atoms with Crippen LogP contribution in [0.15, 0.2) is 65.1 Å². The Bertz CT molecular complexity index is 1120. The Morgan fingerprint density at radius 3 is 2.22 bits per heavy atom. The summed E-state index contributed by atoms with van der Waals surface area (Å²) in [6, 6.07) is 18.0. The maximum absolute atomic E-state index is 12.3. The second kappa shape index (κ2) is 8.97. The van der Waals surface area contributed by atoms with Gasteiger partial charge in [0.05, 0.1) is 6.54 Å². The molecular weight excluding hydrogens is 412 g/mol. The standard InChI is InChI=1S/C24H22N2O6/c1-14(22(27)25-12-15-10-11-21(32-15)23(28)29)26-24(30)31-13-20-18-8-4-2-6-16(18)17-7-3-5-9-19(17)20/h2-11,14,20H,12-13H2,1H3,(H,25,27)(H,26,30)(H,28,29)/t14-/m0/s1. The molecule has 0 radical (unpaired) electrons. The Morgan fingerprint density at radius 2 is 1.62 bits per heavy atom. The van der Waals surface area contributed by atoms with Crippen molar-refractivity contribution in [2.24, 2.45) is 0 Å². The van der Waals surface area contributed by atoms with Gasteiger partial charge in [-0.1, -0.05) is 48.5 Å². The van der Waals surface area contributed by atoms with Crippen LogP contribution in [0.1, 0.15) is 40.3 Å². The fraction of sp³-hybridized carbons (Fsp3) is 0.208. The minimum atomic E-state index is -1.19. The first-order valence-electron chi connectivity index (χ1n) is 10.1. The molecule has 1 heterocycles. The highest BCUT2D eigenvalue weighted by molar-refractivity contribution is 5.86. The van der Waals surface area contributed by atoms with Gasteiger partial charge < -0.3 is 24.9 Å². The first-order chi connectivity index (χ1) is 15.4. The third-order valence-corrected chi connectivity index (χ3v) is 5.38. The molecule has 4 rings (SSSR count). The number of rotatable bonds is 7. The number of carboxylic acids is 1. The zero-order valence-electron chi connectivity index (χ0n) is 17.3. The van der Waals surface area contributed by atoms with Gasteiger partial charge in [0.2, 0.25) is 11.7 Å². The van der Waals surface area contributed by atoms with Crippen LogP contribution in [-0.4, -0.2) is 35.7 Å². The summed E-state index contributed by atoms with van der Waals surface area (Å²) in [7, 11) is 0. The third kappa shape index (κ3) is 4.34. The van der Waals surface area contributed by atoms with E-state index in [-0.39, 0.29) is 24.8 Å². The van der Waals surface area contributed by atoms with Crippen LogP contribution in [0.5, 0.6) is 0 Å². The van der Waals surface area contributed by atoms with Crippen molar-refractivity contribution in [2.75, 3.05) is 6.61 Å². The van der Waals surface area contributed by atoms with E-state index in [1.54, 1.807) is 0 Å². The Hall–Kier alpha value is -4.07. The van der Waals surface area contributed by atoms with Crippen LogP contribution >= 0.6 is 0 Å². The summed E-state index contributed by atoms with van der Waals surface area (Å²) in [6.45, 7) is 1.68. The maximum Gasteiger partial charge on any atom is 0.407 e. The van der Waals surface area contributed by atoms with E-state index in [4.69, 9.17) is 14.3 Å². The van der Waals surface area contributed by atoms with Gasteiger partial charge >= 0.3 is 12.1 Å². The number of aromatic carboxylic acids is 1. The smallest absolute Gasteiger partial charge is 0.407 e. The van der Waals surface area contributed by atoms with E-state index in [0.717, 1.165) is 22.3 Å². The SMILES string of the molecule is C[C@H](NC(=O)OCC1c2ccccc2-c2ccccc21)C(=O)NCc1ccc(C(=O)O)o1. The Morgan fingerprint density at radius 1 is 1.00 bits per heavy atom. The lowest BCUT2D eigenvalue weighted by Crippen LogP contribution is -2.44. The monoisotopic (exact) mass is 434 g/mol. The van der Waals surface area contributed by atoms with Crippen LogP contribution < -0.4 is 10.6 Å². The molecule has 8 nitrogen and oxygen atoms in total. The van der Waals surface area contributed by atoms with Crippen LogP contribution in [-0.2, 0) is 16.1 Å². The topological polar surface area (TPSA) is 118 Å². The summed E-state index contributed by atoms with van der Waals surface area (Å²) in [5.41, 5.74) is 4.47. The van der Waals surface area contributed by atoms with Crippen molar-refractivity contribution < 1.29 is 28.6 Å². The molecule has 2 aromatic carbocycles. The molecule has 0 unspecified atom stereocenters. The molecule has 3 N–H and O–H groups in total. The Kier molecular flexibility index (Phi) is 5.93. The molecule has 164 valence electrons. The minimum Gasteiger partial charge on any atom is -0.475 e. The molecule has 1 aromatic heterocycles. The molecule has 0 aliphatic heterocycles. The molecule has 1 atom stereocenters. The van der Waals surface area contributed by atoms with Crippen LogP contribution in [0.2, 0.25) is 0 Å². The number of carboxylic acid groups (broad SMARTS) is 1. The summed E-state index contributed by atoms with van der Waals surface area (Å²) in [4.78, 5) is 35.4. The molecule has 0 fully saturated rings. The van der Waals surface area contributed by atoms with Crippen LogP contribution in [0.25, 0.3) is 11.1 Å². The summed E-state index contributed by atoms with van der Waals surface area (Å²) in [5, 5.41) is 14.0. The van der Waals surface area contributed by atoms with Crippen molar-refractivity contribution in [3.63, 3.8) is 0 Å². The van der Waals surface area contributed by atoms with Crippen molar-refractivity contribution in [2.45, 2.75) is 25.4 Å². The molecule has 0 saturated heterocycles. The number of benzene rings is 2. The van der Waals surface area contributed by atoms with E-state index in [2.05, 4.69) is 22.8 Å². The van der Waals surface area contributed by atoms with Gasteiger partial charge in [-0.2, -0.15) is 0 Å². The van der Waals surface area contributed by atoms with Crippen molar-refractivity contribution in [1.82, 2.24) is 10.6 Å². The van der Waals surface area contributed by atoms with Crippen molar-refractivity contribution >= 4 is 18.0 Å². The predicted molar refractivity (Wildman–Crippen MR) is 115 cm³/mol. The Balaban J connectivity index is 1.30. The van der Waals surface area contributed by atoms with Crippen LogP contribution in [0, 0.1) is 0 Å². The lowest BCUT2D eigenvalue weighted by atomic mass is 9.98. The summed E-state index contributed by atoms with van der Waals surface area (Å²) in [6.07, 6.45) is -0.694. The zero-order chi connectivity index (χ0) is 22.7. The first kappa shape index (κ1) is 21.2. The van der Waals surface area contributed by atoms with E-state index in [0.29, 0.717) is 5.76 Å². The van der Waals surface area contributed by atoms with Gasteiger partial charge in [0.15, 0.2) is 0 Å². The second-order valence-corrected chi connectivity index (χ2v) is 7.48. The largest absolute Gasteiger partial charge is 0.475 e. The molecule has 0 spiro atoms. The molecule has 1 aliphatic rings. The van der Waals surface area contributed by atoms with E-state index in [9.17, 15) is 14.4 Å². The number of ether oxygens (including phenoxy) is 1. The number of nitrogens with one attached hydrogen (secondary N) is 2. The first-order valence-corrected chi connectivity index (χ1v) is 10.1. The number of furan rings is 1. The number of amides is 2. The van der Waals surface area contributed by atoms with Gasteiger partial charge in [-0.3, -0.25) is 4.79 Å². The van der Waals surface area contributed by atoms with Crippen molar-refractivity contribution in [3.05, 3.63) is 83.3 Å². The van der Waals surface area contributed by atoms with Gasteiger partial charge in [0.1, 0.15) is 18.4 Å². The van der Waals surface area contributed by atoms with Crippen LogP contribution in [0.4, 0.5) is 4.79 Å². The molecule has 2 amide bonds. The molecule has 8 heteroatoms. The van der Waals surface area contributed by atoms with E-state index >= 15 is 0 Å². The molecule has 32 heavy (non-hydrogen) atoms. The number of carbonyl (C=O) groups excluding carboxylic acids is 2. The lowest BCUT2D eigenvalue weighted by Gasteiger charge is -2.17. The fourth-order valence-electron chi connectivity index (χ4n) is 3.80. The average molecular weight is 434 g/mol. The van der Waals surface area contributed by atoms with Gasteiger partial charge in [0, 0.05) is 5.92 Å². The van der Waals surface area contributed by atoms with Crippen molar-refractivity contribution in [1.29, 1.82) is 0 Å². The molecule has 0 saturated carbocycles. The van der Waals surface area contributed by atoms with Gasteiger partial charge in [-0.15, -0.1) is 0 Å². The molecular formula is C24H22N2O6. The highest BCUT2D eigenvalue weighted by Crippen LogP contribution is 2.44. The lowest BCUT2D eigenvalue weighted by molar-refractivity contribution is -0.122. The van der Waals surface area contributed by atoms with Gasteiger partial charge in [-0.25, -0.2) is 9.59 Å².